The van der Waals surface area contributed by atoms with Crippen LogP contribution in [0.3, 0.4) is 0 Å². The number of methoxy groups -OCH3 is 1. The summed E-state index contributed by atoms with van der Waals surface area (Å²) in [5.74, 6) is -1.48. The predicted octanol–water partition coefficient (Wildman–Crippen LogP) is 5.32. The van der Waals surface area contributed by atoms with Gasteiger partial charge in [-0.25, -0.2) is 8.78 Å². The van der Waals surface area contributed by atoms with E-state index in [-0.39, 0.29) is 11.1 Å². The number of hydrogen-bond donors (Lipinski definition) is 2. The Morgan fingerprint density at radius 2 is 1.76 bits per heavy atom. The van der Waals surface area contributed by atoms with Crippen LogP contribution in [0, 0.1) is 11.6 Å². The number of hydrogen-bond acceptors (Lipinski definition) is 3. The zero-order valence-electron chi connectivity index (χ0n) is 17.9. The van der Waals surface area contributed by atoms with Crippen molar-refractivity contribution in [1.82, 2.24) is 5.32 Å². The Balaban J connectivity index is 1.84. The van der Waals surface area contributed by atoms with Crippen molar-refractivity contribution in [2.45, 2.75) is 13.0 Å². The number of allylic oxidation sites excluding steroid dienone is 1. The van der Waals surface area contributed by atoms with Crippen LogP contribution in [0.15, 0.2) is 84.1 Å². The molecule has 33 heavy (non-hydrogen) atoms. The molecular formula is C25H21F2N3O2S. The van der Waals surface area contributed by atoms with Crippen molar-refractivity contribution in [2.75, 3.05) is 17.3 Å². The summed E-state index contributed by atoms with van der Waals surface area (Å²) in [7, 11) is 1.50. The molecule has 2 N–H and O–H groups in total. The van der Waals surface area contributed by atoms with E-state index in [0.29, 0.717) is 22.2 Å². The Labute approximate surface area is 195 Å². The molecule has 1 amide bonds. The molecule has 1 aliphatic heterocycles. The fraction of sp³-hybridized carbons (Fsp3) is 0.120. The molecule has 1 atom stereocenters. The van der Waals surface area contributed by atoms with Gasteiger partial charge in [0.1, 0.15) is 17.4 Å². The Bertz CT molecular complexity index is 1250. The van der Waals surface area contributed by atoms with Crippen LogP contribution in [-0.4, -0.2) is 18.1 Å². The normalized spacial score (nSPS) is 15.8. The lowest BCUT2D eigenvalue weighted by atomic mass is 9.93. The molecule has 0 radical (unpaired) electrons. The molecule has 8 heteroatoms. The first-order valence-electron chi connectivity index (χ1n) is 10.2. The molecule has 0 fully saturated rings. The van der Waals surface area contributed by atoms with Crippen molar-refractivity contribution in [3.8, 4) is 5.75 Å². The fourth-order valence-corrected chi connectivity index (χ4v) is 4.19. The van der Waals surface area contributed by atoms with Gasteiger partial charge in [0.05, 0.1) is 24.4 Å². The van der Waals surface area contributed by atoms with E-state index in [1.165, 1.54) is 13.2 Å². The third-order valence-electron chi connectivity index (χ3n) is 5.37. The second-order valence-corrected chi connectivity index (χ2v) is 7.76. The minimum atomic E-state index is -0.923. The standard InChI is InChI=1S/C25H21F2N3O2S/c1-15-22(24(31)28-20-10-6-7-11-21(20)32-2)23(18-13-12-16(26)14-19(18)27)29-25(33)30(15)17-8-4-3-5-9-17/h3-14,23H,1-2H3,(H,28,31)(H,29,33). The minimum Gasteiger partial charge on any atom is -0.495 e. The maximum Gasteiger partial charge on any atom is 0.255 e. The number of para-hydroxylation sites is 3. The fourth-order valence-electron chi connectivity index (χ4n) is 3.83. The number of nitrogens with zero attached hydrogens (tertiary/aromatic N) is 1. The van der Waals surface area contributed by atoms with Crippen LogP contribution in [0.4, 0.5) is 20.2 Å². The van der Waals surface area contributed by atoms with Crippen molar-refractivity contribution in [1.29, 1.82) is 0 Å². The van der Waals surface area contributed by atoms with Gasteiger partial charge in [-0.1, -0.05) is 36.4 Å². The molecule has 0 spiro atoms. The molecule has 4 rings (SSSR count). The van der Waals surface area contributed by atoms with Crippen LogP contribution >= 0.6 is 12.2 Å². The molecule has 0 saturated heterocycles. The van der Waals surface area contributed by atoms with Gasteiger partial charge in [0, 0.05) is 23.0 Å². The number of thiocarbonyl (C=S) groups is 1. The molecule has 0 bridgehead atoms. The second-order valence-electron chi connectivity index (χ2n) is 7.37. The van der Waals surface area contributed by atoms with Crippen molar-refractivity contribution in [3.05, 3.63) is 101 Å². The lowest BCUT2D eigenvalue weighted by Crippen LogP contribution is -2.48. The second kappa shape index (κ2) is 9.38. The van der Waals surface area contributed by atoms with E-state index in [4.69, 9.17) is 17.0 Å². The number of benzene rings is 3. The third kappa shape index (κ3) is 4.42. The molecule has 1 aliphatic rings. The van der Waals surface area contributed by atoms with Gasteiger partial charge >= 0.3 is 0 Å². The van der Waals surface area contributed by atoms with E-state index in [2.05, 4.69) is 10.6 Å². The highest BCUT2D eigenvalue weighted by Crippen LogP contribution is 2.36. The largest absolute Gasteiger partial charge is 0.495 e. The van der Waals surface area contributed by atoms with Gasteiger partial charge in [0.15, 0.2) is 5.11 Å². The maximum atomic E-state index is 14.8. The first-order chi connectivity index (χ1) is 15.9. The Hall–Kier alpha value is -3.78. The Kier molecular flexibility index (Phi) is 6.37. The number of carbonyl (C=O) groups excluding carboxylic acids is 1. The SMILES string of the molecule is COc1ccccc1NC(=O)C1=C(C)N(c2ccccc2)C(=S)NC1c1ccc(F)cc1F. The summed E-state index contributed by atoms with van der Waals surface area (Å²) in [5, 5.41) is 6.21. The molecule has 1 heterocycles. The predicted molar refractivity (Wildman–Crippen MR) is 128 cm³/mol. The van der Waals surface area contributed by atoms with E-state index >= 15 is 0 Å². The Morgan fingerprint density at radius 3 is 2.45 bits per heavy atom. The van der Waals surface area contributed by atoms with Crippen LogP contribution in [0.25, 0.3) is 0 Å². The van der Waals surface area contributed by atoms with Gasteiger partial charge < -0.3 is 15.4 Å². The molecule has 3 aromatic carbocycles. The number of amides is 1. The summed E-state index contributed by atoms with van der Waals surface area (Å²) in [6.07, 6.45) is 0. The highest BCUT2D eigenvalue weighted by molar-refractivity contribution is 7.80. The first kappa shape index (κ1) is 22.4. The molecular weight excluding hydrogens is 444 g/mol. The number of carbonyl (C=O) groups is 1. The highest BCUT2D eigenvalue weighted by Gasteiger charge is 2.36. The molecule has 5 nitrogen and oxygen atoms in total. The van der Waals surface area contributed by atoms with Crippen molar-refractivity contribution < 1.29 is 18.3 Å². The number of nitrogens with one attached hydrogen (secondary N) is 2. The number of anilines is 2. The van der Waals surface area contributed by atoms with Gasteiger partial charge in [-0.05, 0) is 49.5 Å². The zero-order valence-corrected chi connectivity index (χ0v) is 18.7. The van der Waals surface area contributed by atoms with E-state index < -0.39 is 23.6 Å². The van der Waals surface area contributed by atoms with Gasteiger partial charge in [0.2, 0.25) is 0 Å². The number of halogens is 2. The lowest BCUT2D eigenvalue weighted by molar-refractivity contribution is -0.113. The first-order valence-corrected chi connectivity index (χ1v) is 10.6. The summed E-state index contributed by atoms with van der Waals surface area (Å²) >= 11 is 5.57. The smallest absolute Gasteiger partial charge is 0.255 e. The van der Waals surface area contributed by atoms with Crippen LogP contribution in [-0.2, 0) is 4.79 Å². The van der Waals surface area contributed by atoms with E-state index in [1.807, 2.05) is 30.3 Å². The van der Waals surface area contributed by atoms with Crippen LogP contribution in [0.1, 0.15) is 18.5 Å². The summed E-state index contributed by atoms with van der Waals surface area (Å²) in [4.78, 5) is 15.3. The Morgan fingerprint density at radius 1 is 1.06 bits per heavy atom. The molecule has 3 aromatic rings. The summed E-state index contributed by atoms with van der Waals surface area (Å²) in [6.45, 7) is 1.74. The average molecular weight is 466 g/mol. The van der Waals surface area contributed by atoms with E-state index in [9.17, 15) is 13.6 Å². The summed E-state index contributed by atoms with van der Waals surface area (Å²) in [5.41, 5.74) is 2.07. The molecule has 0 aliphatic carbocycles. The maximum absolute atomic E-state index is 14.8. The third-order valence-corrected chi connectivity index (χ3v) is 5.67. The van der Waals surface area contributed by atoms with Crippen molar-refractivity contribution in [3.63, 3.8) is 0 Å². The molecule has 0 saturated carbocycles. The molecule has 1 unspecified atom stereocenters. The van der Waals surface area contributed by atoms with Gasteiger partial charge in [-0.3, -0.25) is 9.69 Å². The van der Waals surface area contributed by atoms with Gasteiger partial charge in [0.25, 0.3) is 5.91 Å². The van der Waals surface area contributed by atoms with Gasteiger partial charge in [-0.15, -0.1) is 0 Å². The van der Waals surface area contributed by atoms with Crippen LogP contribution in [0.5, 0.6) is 5.75 Å². The minimum absolute atomic E-state index is 0.107. The van der Waals surface area contributed by atoms with Crippen molar-refractivity contribution in [2.24, 2.45) is 0 Å². The molecule has 168 valence electrons. The van der Waals surface area contributed by atoms with Crippen molar-refractivity contribution >= 4 is 34.6 Å². The van der Waals surface area contributed by atoms with E-state index in [0.717, 1.165) is 17.8 Å². The van der Waals surface area contributed by atoms with Gasteiger partial charge in [-0.2, -0.15) is 0 Å². The van der Waals surface area contributed by atoms with E-state index in [1.54, 1.807) is 36.1 Å². The summed E-state index contributed by atoms with van der Waals surface area (Å²) in [6, 6.07) is 18.6. The zero-order chi connectivity index (χ0) is 23.5. The van der Waals surface area contributed by atoms with Crippen LogP contribution < -0.4 is 20.3 Å². The topological polar surface area (TPSA) is 53.6 Å². The molecule has 0 aromatic heterocycles. The quantitative estimate of drug-likeness (QED) is 0.500. The lowest BCUT2D eigenvalue weighted by Gasteiger charge is -2.38. The number of ether oxygens (including phenoxy) is 1. The number of rotatable bonds is 5. The highest BCUT2D eigenvalue weighted by atomic mass is 32.1. The average Bonchev–Trinajstić information content (AvgIpc) is 2.79. The monoisotopic (exact) mass is 465 g/mol. The summed E-state index contributed by atoms with van der Waals surface area (Å²) < 4.78 is 33.7. The van der Waals surface area contributed by atoms with Crippen LogP contribution in [0.2, 0.25) is 0 Å².